The number of hydrogen-bond donors (Lipinski definition) is 2. The molecule has 1 aliphatic rings. The standard InChI is InChI=1S/C13H14FN5O2/c14-10-5-9(1-2-12(10)19-8-15-7-17-19)18-13(20)11-6-21-4-3-16-11/h1-2,5,7-8,11,16H,3-4,6H2,(H,18,20). The van der Waals surface area contributed by atoms with Gasteiger partial charge in [-0.3, -0.25) is 4.79 Å². The number of amides is 1. The largest absolute Gasteiger partial charge is 0.378 e. The van der Waals surface area contributed by atoms with Crippen molar-refractivity contribution in [2.75, 3.05) is 25.1 Å². The van der Waals surface area contributed by atoms with Crippen LogP contribution in [0.1, 0.15) is 0 Å². The number of carbonyl (C=O) groups excluding carboxylic acids is 1. The second-order valence-electron chi connectivity index (χ2n) is 4.58. The van der Waals surface area contributed by atoms with E-state index in [-0.39, 0.29) is 11.6 Å². The Morgan fingerprint density at radius 2 is 2.43 bits per heavy atom. The minimum atomic E-state index is -0.494. The Kier molecular flexibility index (Phi) is 3.89. The molecule has 2 aromatic rings. The van der Waals surface area contributed by atoms with Gasteiger partial charge in [-0.1, -0.05) is 0 Å². The molecule has 1 fully saturated rings. The summed E-state index contributed by atoms with van der Waals surface area (Å²) in [6, 6.07) is 3.97. The van der Waals surface area contributed by atoms with Crippen LogP contribution in [0.3, 0.4) is 0 Å². The fraction of sp³-hybridized carbons (Fsp3) is 0.308. The van der Waals surface area contributed by atoms with Crippen LogP contribution in [0.4, 0.5) is 10.1 Å². The number of ether oxygens (including phenoxy) is 1. The maximum absolute atomic E-state index is 14.0. The Labute approximate surface area is 120 Å². The van der Waals surface area contributed by atoms with Crippen LogP contribution < -0.4 is 10.6 Å². The molecule has 8 heteroatoms. The first-order chi connectivity index (χ1) is 10.2. The Morgan fingerprint density at radius 3 is 3.10 bits per heavy atom. The molecule has 1 amide bonds. The summed E-state index contributed by atoms with van der Waals surface area (Å²) in [6.07, 6.45) is 2.73. The zero-order chi connectivity index (χ0) is 14.7. The van der Waals surface area contributed by atoms with E-state index in [0.29, 0.717) is 25.4 Å². The SMILES string of the molecule is O=C(Nc1ccc(-n2cncn2)c(F)c1)C1COCCN1. The van der Waals surface area contributed by atoms with Crippen molar-refractivity contribution in [3.63, 3.8) is 0 Å². The number of nitrogens with zero attached hydrogens (tertiary/aromatic N) is 3. The Morgan fingerprint density at radius 1 is 1.52 bits per heavy atom. The van der Waals surface area contributed by atoms with Gasteiger partial charge in [-0.05, 0) is 18.2 Å². The summed E-state index contributed by atoms with van der Waals surface area (Å²) in [5.41, 5.74) is 0.651. The van der Waals surface area contributed by atoms with E-state index in [1.54, 1.807) is 6.07 Å². The molecular weight excluding hydrogens is 277 g/mol. The molecule has 0 spiro atoms. The average molecular weight is 291 g/mol. The highest BCUT2D eigenvalue weighted by Crippen LogP contribution is 2.17. The van der Waals surface area contributed by atoms with Gasteiger partial charge in [0.25, 0.3) is 0 Å². The van der Waals surface area contributed by atoms with Gasteiger partial charge in [0.05, 0.1) is 13.2 Å². The lowest BCUT2D eigenvalue weighted by molar-refractivity contribution is -0.120. The molecule has 1 unspecified atom stereocenters. The van der Waals surface area contributed by atoms with Crippen LogP contribution in [-0.4, -0.2) is 46.5 Å². The van der Waals surface area contributed by atoms with E-state index in [9.17, 15) is 9.18 Å². The molecule has 1 aromatic carbocycles. The molecule has 1 aliphatic heterocycles. The fourth-order valence-corrected chi connectivity index (χ4v) is 2.07. The van der Waals surface area contributed by atoms with E-state index in [0.717, 1.165) is 0 Å². The Bertz CT molecular complexity index is 625. The average Bonchev–Trinajstić information content (AvgIpc) is 3.02. The van der Waals surface area contributed by atoms with Crippen LogP contribution >= 0.6 is 0 Å². The van der Waals surface area contributed by atoms with Crippen molar-refractivity contribution in [1.29, 1.82) is 0 Å². The Balaban J connectivity index is 1.72. The molecule has 1 saturated heterocycles. The van der Waals surface area contributed by atoms with E-state index in [1.807, 2.05) is 0 Å². The fourth-order valence-electron chi connectivity index (χ4n) is 2.07. The molecule has 0 aliphatic carbocycles. The van der Waals surface area contributed by atoms with Crippen molar-refractivity contribution in [3.05, 3.63) is 36.7 Å². The normalized spacial score (nSPS) is 18.4. The van der Waals surface area contributed by atoms with Crippen LogP contribution in [0.25, 0.3) is 5.69 Å². The summed E-state index contributed by atoms with van der Waals surface area (Å²) in [7, 11) is 0. The number of carbonyl (C=O) groups is 1. The summed E-state index contributed by atoms with van der Waals surface area (Å²) in [5, 5.41) is 9.56. The van der Waals surface area contributed by atoms with Crippen molar-refractivity contribution in [2.24, 2.45) is 0 Å². The lowest BCUT2D eigenvalue weighted by Gasteiger charge is -2.22. The number of halogens is 1. The molecule has 0 saturated carbocycles. The number of anilines is 1. The number of morpholine rings is 1. The minimum absolute atomic E-state index is 0.248. The zero-order valence-electron chi connectivity index (χ0n) is 11.1. The van der Waals surface area contributed by atoms with Crippen molar-refractivity contribution in [2.45, 2.75) is 6.04 Å². The molecule has 1 aromatic heterocycles. The Hall–Kier alpha value is -2.32. The summed E-state index contributed by atoms with van der Waals surface area (Å²) in [4.78, 5) is 15.8. The lowest BCUT2D eigenvalue weighted by Crippen LogP contribution is -2.48. The van der Waals surface area contributed by atoms with Gasteiger partial charge in [0, 0.05) is 12.2 Å². The minimum Gasteiger partial charge on any atom is -0.378 e. The van der Waals surface area contributed by atoms with Gasteiger partial charge in [0.2, 0.25) is 5.91 Å². The molecule has 1 atom stereocenters. The maximum atomic E-state index is 14.0. The maximum Gasteiger partial charge on any atom is 0.243 e. The topological polar surface area (TPSA) is 81.1 Å². The van der Waals surface area contributed by atoms with Crippen LogP contribution in [0.5, 0.6) is 0 Å². The predicted octanol–water partition coefficient (Wildman–Crippen LogP) is 0.333. The molecule has 110 valence electrons. The predicted molar refractivity (Wildman–Crippen MR) is 72.6 cm³/mol. The summed E-state index contributed by atoms with van der Waals surface area (Å²) < 4.78 is 20.6. The molecule has 2 N–H and O–H groups in total. The number of rotatable bonds is 3. The summed E-state index contributed by atoms with van der Waals surface area (Å²) in [6.45, 7) is 1.52. The van der Waals surface area contributed by atoms with Crippen molar-refractivity contribution in [1.82, 2.24) is 20.1 Å². The highest BCUT2D eigenvalue weighted by molar-refractivity contribution is 5.95. The zero-order valence-corrected chi connectivity index (χ0v) is 11.1. The van der Waals surface area contributed by atoms with E-state index in [1.165, 1.54) is 29.5 Å². The van der Waals surface area contributed by atoms with Crippen LogP contribution in [0.15, 0.2) is 30.9 Å². The third-order valence-corrected chi connectivity index (χ3v) is 3.12. The molecule has 2 heterocycles. The highest BCUT2D eigenvalue weighted by Gasteiger charge is 2.21. The van der Waals surface area contributed by atoms with Gasteiger partial charge in [0.15, 0.2) is 5.82 Å². The van der Waals surface area contributed by atoms with Gasteiger partial charge in [0.1, 0.15) is 24.4 Å². The van der Waals surface area contributed by atoms with Gasteiger partial charge in [-0.2, -0.15) is 5.10 Å². The molecule has 7 nitrogen and oxygen atoms in total. The smallest absolute Gasteiger partial charge is 0.243 e. The van der Waals surface area contributed by atoms with Crippen LogP contribution in [-0.2, 0) is 9.53 Å². The molecule has 0 bridgehead atoms. The second-order valence-corrected chi connectivity index (χ2v) is 4.58. The van der Waals surface area contributed by atoms with Gasteiger partial charge < -0.3 is 15.4 Å². The number of aromatic nitrogens is 3. The van der Waals surface area contributed by atoms with E-state index in [2.05, 4.69) is 20.7 Å². The first-order valence-electron chi connectivity index (χ1n) is 6.50. The highest BCUT2D eigenvalue weighted by atomic mass is 19.1. The first kappa shape index (κ1) is 13.7. The second kappa shape index (κ2) is 5.98. The molecule has 0 radical (unpaired) electrons. The monoisotopic (exact) mass is 291 g/mol. The number of benzene rings is 1. The van der Waals surface area contributed by atoms with E-state index in [4.69, 9.17) is 4.74 Å². The molecular formula is C13H14FN5O2. The molecule has 3 rings (SSSR count). The first-order valence-corrected chi connectivity index (χ1v) is 6.50. The number of nitrogens with one attached hydrogen (secondary N) is 2. The van der Waals surface area contributed by atoms with Gasteiger partial charge >= 0.3 is 0 Å². The molecule has 21 heavy (non-hydrogen) atoms. The van der Waals surface area contributed by atoms with Crippen molar-refractivity contribution >= 4 is 11.6 Å². The van der Waals surface area contributed by atoms with Crippen molar-refractivity contribution < 1.29 is 13.9 Å². The van der Waals surface area contributed by atoms with E-state index >= 15 is 0 Å². The van der Waals surface area contributed by atoms with E-state index < -0.39 is 11.9 Å². The number of hydrogen-bond acceptors (Lipinski definition) is 5. The lowest BCUT2D eigenvalue weighted by atomic mass is 10.2. The van der Waals surface area contributed by atoms with Crippen molar-refractivity contribution in [3.8, 4) is 5.69 Å². The van der Waals surface area contributed by atoms with Crippen LogP contribution in [0.2, 0.25) is 0 Å². The van der Waals surface area contributed by atoms with Gasteiger partial charge in [-0.15, -0.1) is 0 Å². The van der Waals surface area contributed by atoms with Gasteiger partial charge in [-0.25, -0.2) is 14.1 Å². The third kappa shape index (κ3) is 3.06. The summed E-state index contributed by atoms with van der Waals surface area (Å²) in [5.74, 6) is -0.742. The quantitative estimate of drug-likeness (QED) is 0.852. The third-order valence-electron chi connectivity index (χ3n) is 3.12. The van der Waals surface area contributed by atoms with Crippen LogP contribution in [0, 0.1) is 5.82 Å². The summed E-state index contributed by atoms with van der Waals surface area (Å²) >= 11 is 0.